The second-order valence-corrected chi connectivity index (χ2v) is 10.2. The summed E-state index contributed by atoms with van der Waals surface area (Å²) in [6, 6.07) is 5.85. The lowest BCUT2D eigenvalue weighted by molar-refractivity contribution is -0.0136. The van der Waals surface area contributed by atoms with Gasteiger partial charge in [-0.25, -0.2) is 4.79 Å². The molecule has 6 nitrogen and oxygen atoms in total. The van der Waals surface area contributed by atoms with Crippen LogP contribution in [0.5, 0.6) is 0 Å². The van der Waals surface area contributed by atoms with Gasteiger partial charge in [0.2, 0.25) is 0 Å². The third-order valence-corrected chi connectivity index (χ3v) is 7.25. The quantitative estimate of drug-likeness (QED) is 0.280. The maximum absolute atomic E-state index is 12.8. The highest BCUT2D eigenvalue weighted by molar-refractivity contribution is 5.76. The maximum Gasteiger partial charge on any atom is 0.420 e. The molecular formula is C28H40N2O4. The number of nitriles is 1. The van der Waals surface area contributed by atoms with E-state index in [1.54, 1.807) is 13.2 Å². The van der Waals surface area contributed by atoms with E-state index >= 15 is 0 Å². The Morgan fingerprint density at radius 1 is 1.32 bits per heavy atom. The van der Waals surface area contributed by atoms with Crippen LogP contribution in [0.1, 0.15) is 89.3 Å². The molecule has 1 aliphatic carbocycles. The highest BCUT2D eigenvalue weighted by Gasteiger charge is 2.30. The summed E-state index contributed by atoms with van der Waals surface area (Å²) in [4.78, 5) is 12.8. The molecule has 3 rings (SSSR count). The van der Waals surface area contributed by atoms with E-state index in [-0.39, 0.29) is 17.2 Å². The number of ether oxygens (including phenoxy) is 2. The molecule has 6 heteroatoms. The summed E-state index contributed by atoms with van der Waals surface area (Å²) in [5.41, 5.74) is 4.29. The van der Waals surface area contributed by atoms with Crippen LogP contribution < -0.4 is 5.76 Å². The van der Waals surface area contributed by atoms with E-state index in [1.165, 1.54) is 5.57 Å². The van der Waals surface area contributed by atoms with Gasteiger partial charge < -0.3 is 13.9 Å². The number of hydrogen-bond acceptors (Lipinski definition) is 5. The Morgan fingerprint density at radius 2 is 2.06 bits per heavy atom. The minimum Gasteiger partial charge on any atom is -0.408 e. The first-order valence-corrected chi connectivity index (χ1v) is 12.6. The standard InChI is InChI=1S/C28H40N2O4/c1-6-7-23(30-25-16-21(3)22(19-29)17-26(25)34-27(30)31)9-8-20(2)18-28(4)12-10-24(11-13-28)33-15-14-32-5/h16-18,23-24H,6-15H2,1-5H3/b20-18-. The summed E-state index contributed by atoms with van der Waals surface area (Å²) < 4.78 is 18.4. The molecular weight excluding hydrogens is 428 g/mol. The molecule has 1 aromatic heterocycles. The normalized spacial score (nSPS) is 22.1. The zero-order chi connectivity index (χ0) is 24.7. The van der Waals surface area contributed by atoms with Gasteiger partial charge in [0.1, 0.15) is 0 Å². The van der Waals surface area contributed by atoms with Crippen LogP contribution >= 0.6 is 0 Å². The number of benzene rings is 1. The van der Waals surface area contributed by atoms with Crippen molar-refractivity contribution in [3.05, 3.63) is 45.5 Å². The van der Waals surface area contributed by atoms with Crippen LogP contribution in [-0.4, -0.2) is 31.0 Å². The van der Waals surface area contributed by atoms with Crippen molar-refractivity contribution in [3.8, 4) is 6.07 Å². The van der Waals surface area contributed by atoms with Gasteiger partial charge in [-0.15, -0.1) is 0 Å². The first kappa shape index (κ1) is 26.2. The zero-order valence-corrected chi connectivity index (χ0v) is 21.5. The average Bonchev–Trinajstić information content (AvgIpc) is 3.12. The minimum absolute atomic E-state index is 0.0761. The van der Waals surface area contributed by atoms with Crippen molar-refractivity contribution >= 4 is 11.1 Å². The molecule has 0 bridgehead atoms. The van der Waals surface area contributed by atoms with Gasteiger partial charge in [0, 0.05) is 19.2 Å². The lowest BCUT2D eigenvalue weighted by Gasteiger charge is -2.35. The second-order valence-electron chi connectivity index (χ2n) is 10.2. The van der Waals surface area contributed by atoms with Crippen molar-refractivity contribution in [1.82, 2.24) is 4.57 Å². The molecule has 0 saturated heterocycles. The number of aryl methyl sites for hydroxylation is 1. The zero-order valence-electron chi connectivity index (χ0n) is 21.5. The molecule has 2 aromatic rings. The van der Waals surface area contributed by atoms with Gasteiger partial charge in [0.25, 0.3) is 0 Å². The van der Waals surface area contributed by atoms with E-state index in [1.807, 2.05) is 17.6 Å². The van der Waals surface area contributed by atoms with Crippen molar-refractivity contribution in [3.63, 3.8) is 0 Å². The summed E-state index contributed by atoms with van der Waals surface area (Å²) >= 11 is 0. The van der Waals surface area contributed by atoms with Gasteiger partial charge in [-0.1, -0.05) is 31.9 Å². The molecule has 1 fully saturated rings. The van der Waals surface area contributed by atoms with Gasteiger partial charge >= 0.3 is 5.76 Å². The molecule has 1 unspecified atom stereocenters. The van der Waals surface area contributed by atoms with Crippen LogP contribution in [0.25, 0.3) is 11.1 Å². The molecule has 186 valence electrons. The highest BCUT2D eigenvalue weighted by atomic mass is 16.5. The molecule has 0 spiro atoms. The summed E-state index contributed by atoms with van der Waals surface area (Å²) in [5.74, 6) is -0.330. The number of hydrogen-bond donors (Lipinski definition) is 0. The van der Waals surface area contributed by atoms with Crippen molar-refractivity contribution in [1.29, 1.82) is 5.26 Å². The number of fused-ring (bicyclic) bond motifs is 1. The maximum atomic E-state index is 12.8. The van der Waals surface area contributed by atoms with Crippen LogP contribution in [-0.2, 0) is 9.47 Å². The fourth-order valence-corrected chi connectivity index (χ4v) is 5.31. The van der Waals surface area contributed by atoms with Crippen molar-refractivity contribution in [2.45, 2.75) is 91.2 Å². The Balaban J connectivity index is 1.69. The van der Waals surface area contributed by atoms with Gasteiger partial charge in [-0.2, -0.15) is 5.26 Å². The first-order valence-electron chi connectivity index (χ1n) is 12.6. The lowest BCUT2D eigenvalue weighted by Crippen LogP contribution is -2.28. The first-order chi connectivity index (χ1) is 16.3. The number of rotatable bonds is 11. The molecule has 1 atom stereocenters. The Labute approximate surface area is 203 Å². The molecule has 1 aromatic carbocycles. The Bertz CT molecular complexity index is 1080. The Kier molecular flexibility index (Phi) is 9.16. The predicted molar refractivity (Wildman–Crippen MR) is 135 cm³/mol. The molecule has 0 aliphatic heterocycles. The number of nitrogens with zero attached hydrogens (tertiary/aromatic N) is 2. The smallest absolute Gasteiger partial charge is 0.408 e. The minimum atomic E-state index is -0.330. The SMILES string of the molecule is CCCC(CC/C(C)=C\C1(C)CCC(OCCOC)CC1)n1c(=O)oc2cc(C#N)c(C)cc21. The van der Waals surface area contributed by atoms with Crippen molar-refractivity contribution in [2.75, 3.05) is 20.3 Å². The van der Waals surface area contributed by atoms with Crippen LogP contribution in [0.15, 0.2) is 33.0 Å². The van der Waals surface area contributed by atoms with E-state index in [2.05, 4.69) is 32.9 Å². The third-order valence-electron chi connectivity index (χ3n) is 7.25. The average molecular weight is 469 g/mol. The van der Waals surface area contributed by atoms with E-state index in [0.29, 0.717) is 30.5 Å². The number of methoxy groups -OCH3 is 1. The lowest BCUT2D eigenvalue weighted by atomic mass is 9.73. The molecule has 0 amide bonds. The second kappa shape index (κ2) is 11.9. The highest BCUT2D eigenvalue weighted by Crippen LogP contribution is 2.39. The fourth-order valence-electron chi connectivity index (χ4n) is 5.31. The molecule has 34 heavy (non-hydrogen) atoms. The summed E-state index contributed by atoms with van der Waals surface area (Å²) in [6.07, 6.45) is 11.0. The summed E-state index contributed by atoms with van der Waals surface area (Å²) in [5, 5.41) is 9.32. The van der Waals surface area contributed by atoms with Crippen LogP contribution in [0.4, 0.5) is 0 Å². The van der Waals surface area contributed by atoms with E-state index in [4.69, 9.17) is 13.9 Å². The van der Waals surface area contributed by atoms with E-state index in [0.717, 1.165) is 62.4 Å². The van der Waals surface area contributed by atoms with Crippen molar-refractivity contribution < 1.29 is 13.9 Å². The fraction of sp³-hybridized carbons (Fsp3) is 0.643. The topological polar surface area (TPSA) is 77.4 Å². The van der Waals surface area contributed by atoms with E-state index < -0.39 is 0 Å². The van der Waals surface area contributed by atoms with Gasteiger partial charge in [-0.3, -0.25) is 4.57 Å². The van der Waals surface area contributed by atoms with Crippen LogP contribution in [0, 0.1) is 23.7 Å². The molecule has 0 N–H and O–H groups in total. The van der Waals surface area contributed by atoms with Crippen molar-refractivity contribution in [2.24, 2.45) is 5.41 Å². The number of allylic oxidation sites excluding steroid dienone is 2. The van der Waals surface area contributed by atoms with Crippen LogP contribution in [0.3, 0.4) is 0 Å². The Hall–Kier alpha value is -2.36. The van der Waals surface area contributed by atoms with Crippen LogP contribution in [0.2, 0.25) is 0 Å². The monoisotopic (exact) mass is 468 g/mol. The van der Waals surface area contributed by atoms with E-state index in [9.17, 15) is 10.1 Å². The summed E-state index contributed by atoms with van der Waals surface area (Å²) in [7, 11) is 1.71. The summed E-state index contributed by atoms with van der Waals surface area (Å²) in [6.45, 7) is 9.95. The third kappa shape index (κ3) is 6.40. The van der Waals surface area contributed by atoms with Gasteiger partial charge in [-0.05, 0) is 75.8 Å². The molecule has 1 saturated carbocycles. The molecule has 1 heterocycles. The predicted octanol–water partition coefficient (Wildman–Crippen LogP) is 6.45. The number of aromatic nitrogens is 1. The van der Waals surface area contributed by atoms with Gasteiger partial charge in [0.15, 0.2) is 5.58 Å². The molecule has 1 aliphatic rings. The molecule has 0 radical (unpaired) electrons. The van der Waals surface area contributed by atoms with Gasteiger partial charge in [0.05, 0.1) is 36.5 Å². The largest absolute Gasteiger partial charge is 0.420 e. The number of oxazole rings is 1. The Morgan fingerprint density at radius 3 is 2.71 bits per heavy atom.